The number of hydrogen-bond donors (Lipinski definition) is 1. The maximum atomic E-state index is 13.0. The maximum absolute atomic E-state index is 13.0. The van der Waals surface area contributed by atoms with Gasteiger partial charge in [-0.05, 0) is 52.1 Å². The van der Waals surface area contributed by atoms with Gasteiger partial charge >= 0.3 is 0 Å². The first-order valence-corrected chi connectivity index (χ1v) is 16.1. The maximum Gasteiger partial charge on any atom is 0.220 e. The molecule has 41 heavy (non-hydrogen) atoms. The number of nitrogens with zero attached hydrogens (tertiary/aromatic N) is 2. The van der Waals surface area contributed by atoms with E-state index in [2.05, 4.69) is 34.2 Å². The molecule has 1 fully saturated rings. The zero-order valence-corrected chi connectivity index (χ0v) is 26.1. The van der Waals surface area contributed by atoms with Gasteiger partial charge in [0.2, 0.25) is 5.91 Å². The van der Waals surface area contributed by atoms with Gasteiger partial charge in [-0.25, -0.2) is 0 Å². The summed E-state index contributed by atoms with van der Waals surface area (Å²) in [6, 6.07) is 10.1. The van der Waals surface area contributed by atoms with Crippen LogP contribution in [0.1, 0.15) is 110 Å². The zero-order valence-electron chi connectivity index (χ0n) is 26.1. The van der Waals surface area contributed by atoms with E-state index >= 15 is 0 Å². The van der Waals surface area contributed by atoms with Crippen molar-refractivity contribution < 1.29 is 14.4 Å². The molecule has 1 saturated heterocycles. The molecule has 0 bridgehead atoms. The van der Waals surface area contributed by atoms with Crippen molar-refractivity contribution in [3.05, 3.63) is 58.2 Å². The number of nitrogens with one attached hydrogen (secondary N) is 1. The topological polar surface area (TPSA) is 69.7 Å². The molecule has 226 valence electrons. The molecule has 2 aliphatic rings. The molecule has 3 rings (SSSR count). The summed E-state index contributed by atoms with van der Waals surface area (Å²) in [6.07, 6.45) is 12.2. The van der Waals surface area contributed by atoms with Crippen LogP contribution in [0.5, 0.6) is 0 Å². The van der Waals surface area contributed by atoms with Gasteiger partial charge in [0.15, 0.2) is 11.6 Å². The molecule has 0 saturated carbocycles. The van der Waals surface area contributed by atoms with Gasteiger partial charge in [-0.1, -0.05) is 82.2 Å². The lowest BCUT2D eigenvalue weighted by atomic mass is 9.84. The summed E-state index contributed by atoms with van der Waals surface area (Å²) in [4.78, 5) is 43.3. The highest BCUT2D eigenvalue weighted by molar-refractivity contribution is 6.24. The standard InChI is InChI=1S/C35H53N3O3/c1-5-6-7-8-9-10-11-15-21-37-22-24-38(25-23-37)26-32(30-17-13-12-14-18-30)36-33(39)20-16-19-31-29(4)34(40)27(2)28(3)35(31)41/h12-14,17-18,32H,5-11,15-16,19-26H2,1-4H3,(H,36,39). The minimum atomic E-state index is -0.0744. The summed E-state index contributed by atoms with van der Waals surface area (Å²) in [6.45, 7) is 13.6. The normalized spacial score (nSPS) is 17.9. The molecule has 1 N–H and O–H groups in total. The Kier molecular flexibility index (Phi) is 14.0. The largest absolute Gasteiger partial charge is 0.348 e. The lowest BCUT2D eigenvalue weighted by Gasteiger charge is -2.36. The zero-order chi connectivity index (χ0) is 29.6. The van der Waals surface area contributed by atoms with E-state index in [9.17, 15) is 14.4 Å². The Morgan fingerprint density at radius 3 is 2.00 bits per heavy atom. The van der Waals surface area contributed by atoms with Crippen LogP contribution in [0.2, 0.25) is 0 Å². The van der Waals surface area contributed by atoms with Crippen LogP contribution in [0, 0.1) is 0 Å². The minimum Gasteiger partial charge on any atom is -0.348 e. The Labute approximate surface area is 248 Å². The van der Waals surface area contributed by atoms with Crippen LogP contribution in [-0.2, 0) is 14.4 Å². The monoisotopic (exact) mass is 563 g/mol. The van der Waals surface area contributed by atoms with Crippen LogP contribution in [0.25, 0.3) is 0 Å². The summed E-state index contributed by atoms with van der Waals surface area (Å²) >= 11 is 0. The summed E-state index contributed by atoms with van der Waals surface area (Å²) in [5.74, 6) is -0.115. The number of piperazine rings is 1. The molecular weight excluding hydrogens is 510 g/mol. The average molecular weight is 564 g/mol. The number of amides is 1. The number of ketones is 2. The number of Topliss-reactive ketones (excluding diaryl/α,β-unsaturated/α-hetero) is 2. The molecule has 6 heteroatoms. The summed E-state index contributed by atoms with van der Waals surface area (Å²) in [7, 11) is 0. The number of carbonyl (C=O) groups excluding carboxylic acids is 3. The number of rotatable bonds is 17. The SMILES string of the molecule is CCCCCCCCCCN1CCN(CC(NC(=O)CCCC2=C(C)C(=O)C(C)=C(C)C2=O)c2ccccc2)CC1. The van der Waals surface area contributed by atoms with Gasteiger partial charge in [-0.15, -0.1) is 0 Å². The second-order valence-corrected chi connectivity index (χ2v) is 12.0. The first-order valence-electron chi connectivity index (χ1n) is 16.1. The molecule has 6 nitrogen and oxygen atoms in total. The molecule has 1 atom stereocenters. The Bertz CT molecular complexity index is 1070. The van der Waals surface area contributed by atoms with E-state index < -0.39 is 0 Å². The van der Waals surface area contributed by atoms with E-state index in [4.69, 9.17) is 0 Å². The van der Waals surface area contributed by atoms with Gasteiger partial charge in [0.1, 0.15) is 0 Å². The smallest absolute Gasteiger partial charge is 0.220 e. The van der Waals surface area contributed by atoms with Gasteiger partial charge in [0.25, 0.3) is 0 Å². The molecule has 1 aromatic rings. The molecule has 1 aliphatic carbocycles. The van der Waals surface area contributed by atoms with Crippen molar-refractivity contribution in [3.63, 3.8) is 0 Å². The molecule has 1 unspecified atom stereocenters. The van der Waals surface area contributed by atoms with E-state index in [1.54, 1.807) is 20.8 Å². The molecular formula is C35H53N3O3. The number of carbonyl (C=O) groups is 3. The molecule has 1 heterocycles. The first-order chi connectivity index (χ1) is 19.8. The Hall–Kier alpha value is -2.57. The van der Waals surface area contributed by atoms with E-state index in [-0.39, 0.29) is 23.5 Å². The number of allylic oxidation sites excluding steroid dienone is 4. The Morgan fingerprint density at radius 2 is 1.34 bits per heavy atom. The third-order valence-corrected chi connectivity index (χ3v) is 8.91. The van der Waals surface area contributed by atoms with Crippen molar-refractivity contribution in [2.45, 2.75) is 104 Å². The summed E-state index contributed by atoms with van der Waals surface area (Å²) in [5.41, 5.74) is 3.28. The number of hydrogen-bond acceptors (Lipinski definition) is 5. The lowest BCUT2D eigenvalue weighted by molar-refractivity contribution is -0.122. The van der Waals surface area contributed by atoms with Gasteiger partial charge in [-0.2, -0.15) is 0 Å². The van der Waals surface area contributed by atoms with Crippen molar-refractivity contribution in [1.82, 2.24) is 15.1 Å². The van der Waals surface area contributed by atoms with Crippen molar-refractivity contribution in [1.29, 1.82) is 0 Å². The predicted molar refractivity (Wildman–Crippen MR) is 168 cm³/mol. The molecule has 0 radical (unpaired) electrons. The van der Waals surface area contributed by atoms with Crippen molar-refractivity contribution in [3.8, 4) is 0 Å². The van der Waals surface area contributed by atoms with Crippen molar-refractivity contribution >= 4 is 17.5 Å². The second kappa shape index (κ2) is 17.4. The van der Waals surface area contributed by atoms with E-state index in [1.165, 1.54) is 57.9 Å². The number of unbranched alkanes of at least 4 members (excludes halogenated alkanes) is 7. The Morgan fingerprint density at radius 1 is 0.756 bits per heavy atom. The highest BCUT2D eigenvalue weighted by Crippen LogP contribution is 2.27. The fraction of sp³-hybridized carbons (Fsp3) is 0.629. The summed E-state index contributed by atoms with van der Waals surface area (Å²) < 4.78 is 0. The molecule has 1 aliphatic heterocycles. The first kappa shape index (κ1) is 32.9. The molecule has 1 aromatic carbocycles. The fourth-order valence-electron chi connectivity index (χ4n) is 5.99. The second-order valence-electron chi connectivity index (χ2n) is 12.0. The van der Waals surface area contributed by atoms with Crippen LogP contribution in [0.15, 0.2) is 52.6 Å². The molecule has 0 aromatic heterocycles. The van der Waals surface area contributed by atoms with Crippen LogP contribution in [-0.4, -0.2) is 66.5 Å². The van der Waals surface area contributed by atoms with Crippen molar-refractivity contribution in [2.75, 3.05) is 39.3 Å². The average Bonchev–Trinajstić information content (AvgIpc) is 2.99. The van der Waals surface area contributed by atoms with E-state index in [0.717, 1.165) is 38.3 Å². The van der Waals surface area contributed by atoms with Gasteiger partial charge in [0, 0.05) is 61.4 Å². The fourth-order valence-corrected chi connectivity index (χ4v) is 5.99. The Balaban J connectivity index is 1.43. The van der Waals surface area contributed by atoms with Gasteiger partial charge < -0.3 is 10.2 Å². The highest BCUT2D eigenvalue weighted by atomic mass is 16.2. The van der Waals surface area contributed by atoms with Crippen LogP contribution >= 0.6 is 0 Å². The highest BCUT2D eigenvalue weighted by Gasteiger charge is 2.28. The lowest BCUT2D eigenvalue weighted by Crippen LogP contribution is -2.49. The molecule has 1 amide bonds. The van der Waals surface area contributed by atoms with E-state index in [0.29, 0.717) is 41.6 Å². The van der Waals surface area contributed by atoms with Crippen LogP contribution in [0.4, 0.5) is 0 Å². The predicted octanol–water partition coefficient (Wildman–Crippen LogP) is 6.58. The quantitative estimate of drug-likeness (QED) is 0.171. The summed E-state index contributed by atoms with van der Waals surface area (Å²) in [5, 5.41) is 3.27. The third-order valence-electron chi connectivity index (χ3n) is 8.91. The number of benzene rings is 1. The van der Waals surface area contributed by atoms with Crippen LogP contribution < -0.4 is 5.32 Å². The van der Waals surface area contributed by atoms with Crippen LogP contribution in [0.3, 0.4) is 0 Å². The van der Waals surface area contributed by atoms with Gasteiger partial charge in [-0.3, -0.25) is 19.3 Å². The third kappa shape index (κ3) is 10.3. The minimum absolute atomic E-state index is 0.0107. The van der Waals surface area contributed by atoms with Gasteiger partial charge in [0.05, 0.1) is 6.04 Å². The van der Waals surface area contributed by atoms with Crippen molar-refractivity contribution in [2.24, 2.45) is 0 Å². The van der Waals surface area contributed by atoms with E-state index in [1.807, 2.05) is 18.2 Å². The molecule has 0 spiro atoms.